The molecule has 84 heavy (non-hydrogen) atoms. The quantitative estimate of drug-likeness (QED) is 0.137. The van der Waals surface area contributed by atoms with E-state index in [2.05, 4.69) is 289 Å². The Morgan fingerprint density at radius 1 is 0.369 bits per heavy atom. The Morgan fingerprint density at radius 3 is 1.61 bits per heavy atom. The van der Waals surface area contributed by atoms with Gasteiger partial charge in [-0.05, 0) is 113 Å². The topological polar surface area (TPSA) is 42.0 Å². The number of ether oxygens (including phenoxy) is 1. The summed E-state index contributed by atoms with van der Waals surface area (Å²) in [6, 6.07) is 102. The van der Waals surface area contributed by atoms with Crippen LogP contribution in [0.2, 0.25) is 0 Å². The van der Waals surface area contributed by atoms with Crippen molar-refractivity contribution in [2.45, 2.75) is 43.1 Å². The molecule has 14 aromatic rings. The maximum Gasteiger partial charge on any atom is 0.159 e. The van der Waals surface area contributed by atoms with Crippen molar-refractivity contribution in [1.29, 1.82) is 0 Å². The van der Waals surface area contributed by atoms with Gasteiger partial charge in [-0.3, -0.25) is 0 Å². The van der Waals surface area contributed by atoms with Crippen molar-refractivity contribution in [2.75, 3.05) is 9.80 Å². The Kier molecular flexibility index (Phi) is 11.2. The fourth-order valence-electron chi connectivity index (χ4n) is 14.8. The number of anilines is 6. The van der Waals surface area contributed by atoms with Crippen molar-refractivity contribution >= 4 is 78.0 Å². The molecule has 3 aliphatic rings. The van der Waals surface area contributed by atoms with Gasteiger partial charge in [0.2, 0.25) is 0 Å². The first-order valence-electron chi connectivity index (χ1n) is 29.5. The van der Waals surface area contributed by atoms with Crippen LogP contribution in [0, 0.1) is 0 Å². The van der Waals surface area contributed by atoms with Gasteiger partial charge in [0.1, 0.15) is 28.6 Å². The van der Waals surface area contributed by atoms with E-state index in [0.717, 1.165) is 152 Å². The van der Waals surface area contributed by atoms with E-state index < -0.39 is 5.41 Å². The summed E-state index contributed by atoms with van der Waals surface area (Å²) in [5.74, 6) is 1.32. The molecule has 0 saturated heterocycles. The number of rotatable bonds is 10. The van der Waals surface area contributed by atoms with Crippen LogP contribution in [0.5, 0.6) is 5.75 Å². The highest BCUT2D eigenvalue weighted by Gasteiger charge is 2.49. The lowest BCUT2D eigenvalue weighted by atomic mass is 9.67. The van der Waals surface area contributed by atoms with Crippen molar-refractivity contribution in [3.05, 3.63) is 307 Å². The Labute approximate surface area is 487 Å². The van der Waals surface area contributed by atoms with Gasteiger partial charge in [-0.15, -0.1) is 0 Å². The van der Waals surface area contributed by atoms with Gasteiger partial charge < -0.3 is 23.4 Å². The Hall–Kier alpha value is -10.4. The maximum atomic E-state index is 7.54. The molecule has 0 spiro atoms. The van der Waals surface area contributed by atoms with Gasteiger partial charge in [-0.2, -0.15) is 0 Å². The number of nitrogens with zero attached hydrogens (tertiary/aromatic N) is 2. The van der Waals surface area contributed by atoms with Crippen molar-refractivity contribution < 1.29 is 13.6 Å². The monoisotopic (exact) mass is 1080 g/mol. The third kappa shape index (κ3) is 7.28. The van der Waals surface area contributed by atoms with Crippen molar-refractivity contribution in [2.24, 2.45) is 0 Å². The lowest BCUT2D eigenvalue weighted by Crippen LogP contribution is -2.29. The molecule has 0 radical (unpaired) electrons. The van der Waals surface area contributed by atoms with Crippen molar-refractivity contribution in [1.82, 2.24) is 0 Å². The molecule has 400 valence electrons. The van der Waals surface area contributed by atoms with E-state index in [1.165, 1.54) is 18.4 Å². The second-order valence-corrected chi connectivity index (χ2v) is 22.8. The first kappa shape index (κ1) is 48.4. The molecule has 2 unspecified atom stereocenters. The number of hydrogen-bond acceptors (Lipinski definition) is 5. The third-order valence-electron chi connectivity index (χ3n) is 18.3. The van der Waals surface area contributed by atoms with E-state index in [4.69, 9.17) is 13.6 Å². The first-order valence-corrected chi connectivity index (χ1v) is 29.5. The van der Waals surface area contributed by atoms with Gasteiger partial charge in [0, 0.05) is 50.0 Å². The van der Waals surface area contributed by atoms with Crippen LogP contribution < -0.4 is 14.5 Å². The van der Waals surface area contributed by atoms with E-state index in [1.807, 2.05) is 0 Å². The van der Waals surface area contributed by atoms with Crippen molar-refractivity contribution in [3.63, 3.8) is 0 Å². The Morgan fingerprint density at radius 2 is 0.905 bits per heavy atom. The van der Waals surface area contributed by atoms with Crippen LogP contribution >= 0.6 is 0 Å². The number of benzene rings is 12. The summed E-state index contributed by atoms with van der Waals surface area (Å²) in [6.07, 6.45) is 4.69. The van der Waals surface area contributed by atoms with Gasteiger partial charge in [-0.25, -0.2) is 0 Å². The highest BCUT2D eigenvalue weighted by Crippen LogP contribution is 2.63. The van der Waals surface area contributed by atoms with Gasteiger partial charge in [0.15, 0.2) is 5.58 Å². The lowest BCUT2D eigenvalue weighted by molar-refractivity contribution is 0.164. The zero-order chi connectivity index (χ0) is 55.3. The van der Waals surface area contributed by atoms with Crippen LogP contribution in [0.4, 0.5) is 34.1 Å². The smallest absolute Gasteiger partial charge is 0.159 e. The fourth-order valence-corrected chi connectivity index (χ4v) is 14.8. The predicted octanol–water partition coefficient (Wildman–Crippen LogP) is 21.5. The van der Waals surface area contributed by atoms with Gasteiger partial charge in [0.05, 0.1) is 39.2 Å². The number of para-hydroxylation sites is 6. The predicted molar refractivity (Wildman–Crippen MR) is 344 cm³/mol. The fraction of sp³-hybridized carbons (Fsp3) is 0.0886. The second-order valence-electron chi connectivity index (χ2n) is 22.8. The molecule has 0 amide bonds. The molecule has 12 aromatic carbocycles. The van der Waals surface area contributed by atoms with Crippen LogP contribution in [-0.2, 0) is 5.41 Å². The lowest BCUT2D eigenvalue weighted by Gasteiger charge is -2.36. The van der Waals surface area contributed by atoms with Gasteiger partial charge in [0.25, 0.3) is 0 Å². The minimum absolute atomic E-state index is 0.140. The van der Waals surface area contributed by atoms with Crippen LogP contribution in [0.25, 0.3) is 77.3 Å². The average molecular weight is 1080 g/mol. The molecule has 1 fully saturated rings. The second kappa shape index (κ2) is 19.4. The van der Waals surface area contributed by atoms with Crippen LogP contribution in [0.3, 0.4) is 0 Å². The van der Waals surface area contributed by atoms with E-state index in [9.17, 15) is 0 Å². The first-order chi connectivity index (χ1) is 41.7. The minimum atomic E-state index is -0.879. The maximum absolute atomic E-state index is 7.54. The Bertz CT molecular complexity index is 4810. The van der Waals surface area contributed by atoms with E-state index in [-0.39, 0.29) is 6.10 Å². The standard InChI is InChI=1S/C79H56N2O3/c1-5-25-51(26-6-1)56-33-13-18-40-66(56)80(68-42-23-38-60-58-35-15-20-44-71(58)82-76(60)68)55-47-48-62-64(49-55)79(53-29-9-3-10-30-53,54-31-11-4-12-32-54)65-50-70(75-63-37-17-22-46-73(63)84-78(75)74(62)65)81(67-41-19-14-34-57(67)52-27-7-2-8-28-52)69-43-24-39-61-59-36-16-21-45-72(59)83-77(61)69/h1-15,17-20,22-35,37-44,46-50,59,72H,16,21,36,45H2. The number of fused-ring (bicyclic) bond motifs is 13. The molecule has 0 bridgehead atoms. The van der Waals surface area contributed by atoms with Crippen molar-refractivity contribution in [3.8, 4) is 39.1 Å². The molecule has 0 N–H and O–H groups in total. The van der Waals surface area contributed by atoms with Crippen LogP contribution in [0.1, 0.15) is 59.4 Å². The van der Waals surface area contributed by atoms with Crippen LogP contribution in [0.15, 0.2) is 288 Å². The SMILES string of the molecule is c1ccc(-c2ccccc2N(c2ccc3c(c2)C(c2ccccc2)(c2ccccc2)c2cc(N(c4ccccc4-c4ccccc4)c4cccc5c4OC4CCCCC54)c4c(oc5ccccc54)c2-3)c2cccc3c2oc2ccccc23)cc1. The van der Waals surface area contributed by atoms with E-state index in [1.54, 1.807) is 0 Å². The minimum Gasteiger partial charge on any atom is -0.487 e. The molecular weight excluding hydrogens is 1020 g/mol. The molecule has 17 rings (SSSR count). The zero-order valence-electron chi connectivity index (χ0n) is 46.2. The zero-order valence-corrected chi connectivity index (χ0v) is 46.2. The third-order valence-corrected chi connectivity index (χ3v) is 18.3. The Balaban J connectivity index is 1.000. The normalized spacial score (nSPS) is 15.6. The molecular formula is C79H56N2O3. The average Bonchev–Trinajstić information content (AvgIpc) is 1.96. The summed E-state index contributed by atoms with van der Waals surface area (Å²) in [5, 5.41) is 4.24. The summed E-state index contributed by atoms with van der Waals surface area (Å²) in [4.78, 5) is 4.95. The molecule has 2 aliphatic carbocycles. The van der Waals surface area contributed by atoms with E-state index in [0.29, 0.717) is 5.92 Å². The summed E-state index contributed by atoms with van der Waals surface area (Å²) < 4.78 is 21.9. The molecule has 5 heteroatoms. The number of furan rings is 2. The van der Waals surface area contributed by atoms with Crippen LogP contribution in [-0.4, -0.2) is 6.10 Å². The molecule has 2 atom stereocenters. The molecule has 1 aliphatic heterocycles. The molecule has 2 aromatic heterocycles. The molecule has 1 saturated carbocycles. The van der Waals surface area contributed by atoms with Gasteiger partial charge >= 0.3 is 0 Å². The van der Waals surface area contributed by atoms with Gasteiger partial charge in [-0.1, -0.05) is 231 Å². The number of hydrogen-bond donors (Lipinski definition) is 0. The highest BCUT2D eigenvalue weighted by molar-refractivity contribution is 6.20. The molecule has 3 heterocycles. The summed E-state index contributed by atoms with van der Waals surface area (Å²) in [6.45, 7) is 0. The van der Waals surface area contributed by atoms with E-state index >= 15 is 0 Å². The summed E-state index contributed by atoms with van der Waals surface area (Å²) in [7, 11) is 0. The summed E-state index contributed by atoms with van der Waals surface area (Å²) >= 11 is 0. The largest absolute Gasteiger partial charge is 0.487 e. The summed E-state index contributed by atoms with van der Waals surface area (Å²) in [5.41, 5.74) is 21.1. The molecule has 5 nitrogen and oxygen atoms in total. The highest BCUT2D eigenvalue weighted by atomic mass is 16.5.